The summed E-state index contributed by atoms with van der Waals surface area (Å²) < 4.78 is 66.5. The zero-order valence-electron chi connectivity index (χ0n) is 23.5. The van der Waals surface area contributed by atoms with Crippen molar-refractivity contribution in [1.82, 2.24) is 30.2 Å². The Morgan fingerprint density at radius 3 is 2.70 bits per heavy atom. The number of ether oxygens (including phenoxy) is 1. The second kappa shape index (κ2) is 10.2. The summed E-state index contributed by atoms with van der Waals surface area (Å²) in [6.07, 6.45) is 4.53. The Labute approximate surface area is 258 Å². The maximum absolute atomic E-state index is 15.5. The van der Waals surface area contributed by atoms with Crippen molar-refractivity contribution < 1.29 is 22.3 Å². The Kier molecular flexibility index (Phi) is 6.60. The molecule has 3 N–H and O–H groups in total. The lowest BCUT2D eigenvalue weighted by Gasteiger charge is -2.35. The number of thiazole rings is 1. The van der Waals surface area contributed by atoms with Crippen LogP contribution in [0.3, 0.4) is 0 Å². The number of nitrogens with zero attached hydrogens (tertiary/aromatic N) is 6. The molecule has 0 spiro atoms. The van der Waals surface area contributed by atoms with Crippen LogP contribution in [-0.2, 0) is 5.38 Å². The van der Waals surface area contributed by atoms with E-state index in [0.29, 0.717) is 37.3 Å². The number of anilines is 2. The van der Waals surface area contributed by atoms with Gasteiger partial charge in [-0.1, -0.05) is 11.3 Å². The standard InChI is InChI=1S/C29H29ClF4N8OS/c30-29(33,34)20-21(17-4-5-19(32)24-23(17)38-26(35)44-24)36-9-18-22(20)39-27(40-25(18)41-11-15-2-3-16(12-41)37-15)43-13-28-6-1-7-42(28)10-14(31)8-28/h4-5,9,14-16,37H,1-3,6-8,10-13H2,(H2,35,38)/t14-,15?,16?,28+/m1/s1. The Morgan fingerprint density at radius 2 is 1.93 bits per heavy atom. The number of nitrogens with one attached hydrogen (secondary N) is 1. The highest BCUT2D eigenvalue weighted by atomic mass is 35.5. The maximum Gasteiger partial charge on any atom is 0.352 e. The Morgan fingerprint density at radius 1 is 1.14 bits per heavy atom. The molecule has 4 fully saturated rings. The molecule has 8 rings (SSSR count). The third-order valence-corrected chi connectivity index (χ3v) is 10.6. The van der Waals surface area contributed by atoms with Crippen molar-refractivity contribution in [1.29, 1.82) is 0 Å². The van der Waals surface area contributed by atoms with Crippen molar-refractivity contribution in [2.45, 2.75) is 61.3 Å². The molecular formula is C29H29ClF4N8OS. The summed E-state index contributed by atoms with van der Waals surface area (Å²) in [5.41, 5.74) is 4.66. The molecule has 232 valence electrons. The molecule has 44 heavy (non-hydrogen) atoms. The Bertz CT molecular complexity index is 1780. The SMILES string of the molecule is Nc1nc2c(-c3ncc4c(N5CC6CCC(C5)N6)nc(OC[C@@]56CCCN5C[C@H](F)C6)nc4c3C(F)(F)Cl)ccc(F)c2s1. The van der Waals surface area contributed by atoms with Crippen molar-refractivity contribution in [3.05, 3.63) is 29.7 Å². The van der Waals surface area contributed by atoms with Gasteiger partial charge in [-0.05, 0) is 56.0 Å². The first-order valence-electron chi connectivity index (χ1n) is 14.7. The van der Waals surface area contributed by atoms with Crippen LogP contribution >= 0.6 is 22.9 Å². The number of fused-ring (bicyclic) bond motifs is 5. The average Bonchev–Trinajstić information content (AvgIpc) is 3.72. The molecule has 0 radical (unpaired) electrons. The summed E-state index contributed by atoms with van der Waals surface area (Å²) in [5, 5.41) is 0.0219. The highest BCUT2D eigenvalue weighted by molar-refractivity contribution is 7.22. The van der Waals surface area contributed by atoms with Gasteiger partial charge in [0.2, 0.25) is 0 Å². The van der Waals surface area contributed by atoms with Gasteiger partial charge >= 0.3 is 11.4 Å². The smallest absolute Gasteiger partial charge is 0.352 e. The second-order valence-electron chi connectivity index (χ2n) is 12.3. The highest BCUT2D eigenvalue weighted by Gasteiger charge is 2.49. The third-order valence-electron chi connectivity index (χ3n) is 9.50. The zero-order chi connectivity index (χ0) is 30.4. The number of halogens is 5. The predicted molar refractivity (Wildman–Crippen MR) is 161 cm³/mol. The molecule has 4 aliphatic heterocycles. The number of rotatable bonds is 6. The van der Waals surface area contributed by atoms with Crippen LogP contribution in [0.4, 0.5) is 28.5 Å². The monoisotopic (exact) mass is 648 g/mol. The number of nitrogens with two attached hydrogens (primary N) is 1. The van der Waals surface area contributed by atoms with E-state index < -0.39 is 28.5 Å². The molecular weight excluding hydrogens is 620 g/mol. The van der Waals surface area contributed by atoms with Crippen LogP contribution in [0.5, 0.6) is 6.01 Å². The molecule has 3 aromatic heterocycles. The number of nitrogen functional groups attached to an aromatic ring is 1. The van der Waals surface area contributed by atoms with Crippen molar-refractivity contribution in [2.24, 2.45) is 0 Å². The van der Waals surface area contributed by atoms with Crippen LogP contribution in [0.25, 0.3) is 32.4 Å². The van der Waals surface area contributed by atoms with E-state index in [4.69, 9.17) is 27.1 Å². The van der Waals surface area contributed by atoms with Gasteiger partial charge in [0.05, 0.1) is 37.9 Å². The maximum atomic E-state index is 15.5. The number of hydrogen-bond acceptors (Lipinski definition) is 10. The minimum atomic E-state index is -3.93. The van der Waals surface area contributed by atoms with Gasteiger partial charge in [-0.15, -0.1) is 0 Å². The summed E-state index contributed by atoms with van der Waals surface area (Å²) in [6.45, 7) is 2.50. The summed E-state index contributed by atoms with van der Waals surface area (Å²) >= 11 is 6.75. The molecule has 0 aliphatic carbocycles. The van der Waals surface area contributed by atoms with Crippen LogP contribution < -0.4 is 20.7 Å². The van der Waals surface area contributed by atoms with Gasteiger partial charge in [0.25, 0.3) is 0 Å². The fourth-order valence-corrected chi connectivity index (χ4v) is 8.57. The number of benzene rings is 1. The lowest BCUT2D eigenvalue weighted by molar-refractivity contribution is 0.0965. The van der Waals surface area contributed by atoms with E-state index in [1.165, 1.54) is 18.3 Å². The molecule has 9 nitrogen and oxygen atoms in total. The van der Waals surface area contributed by atoms with Gasteiger partial charge in [0.15, 0.2) is 5.13 Å². The van der Waals surface area contributed by atoms with Gasteiger partial charge in [0.1, 0.15) is 24.4 Å². The predicted octanol–water partition coefficient (Wildman–Crippen LogP) is 5.21. The molecule has 0 saturated carbocycles. The van der Waals surface area contributed by atoms with E-state index >= 15 is 8.78 Å². The first kappa shape index (κ1) is 28.4. The molecule has 2 unspecified atom stereocenters. The summed E-state index contributed by atoms with van der Waals surface area (Å²) in [4.78, 5) is 22.1. The Hall–Kier alpha value is -3.07. The fourth-order valence-electron chi connectivity index (χ4n) is 7.63. The van der Waals surface area contributed by atoms with Gasteiger partial charge in [-0.2, -0.15) is 18.7 Å². The average molecular weight is 649 g/mol. The van der Waals surface area contributed by atoms with Gasteiger partial charge < -0.3 is 20.7 Å². The van der Waals surface area contributed by atoms with E-state index in [0.717, 1.165) is 43.6 Å². The molecule has 4 aliphatic rings. The van der Waals surface area contributed by atoms with Crippen molar-refractivity contribution in [2.75, 3.05) is 43.4 Å². The zero-order valence-corrected chi connectivity index (χ0v) is 25.1. The summed E-state index contributed by atoms with van der Waals surface area (Å²) in [7, 11) is 0. The second-order valence-corrected chi connectivity index (χ2v) is 13.8. The van der Waals surface area contributed by atoms with E-state index in [2.05, 4.69) is 30.1 Å². The number of piperazine rings is 1. The normalized spacial score (nSPS) is 27.1. The fraction of sp³-hybridized carbons (Fsp3) is 0.517. The van der Waals surface area contributed by atoms with Gasteiger partial charge in [0, 0.05) is 49.9 Å². The number of pyridine rings is 1. The number of aromatic nitrogens is 4. The lowest BCUT2D eigenvalue weighted by atomic mass is 9.95. The van der Waals surface area contributed by atoms with E-state index in [-0.39, 0.29) is 56.8 Å². The highest BCUT2D eigenvalue weighted by Crippen LogP contribution is 2.46. The third kappa shape index (κ3) is 4.63. The van der Waals surface area contributed by atoms with Gasteiger partial charge in [-0.3, -0.25) is 9.88 Å². The van der Waals surface area contributed by atoms with Crippen LogP contribution in [0, 0.1) is 5.82 Å². The summed E-state index contributed by atoms with van der Waals surface area (Å²) in [6, 6.07) is 2.88. The number of hydrogen-bond donors (Lipinski definition) is 2. The van der Waals surface area contributed by atoms with Crippen molar-refractivity contribution >= 4 is 55.0 Å². The summed E-state index contributed by atoms with van der Waals surface area (Å²) in [5.74, 6) is -0.156. The minimum Gasteiger partial charge on any atom is -0.461 e. The van der Waals surface area contributed by atoms with Crippen LogP contribution in [-0.4, -0.2) is 81.4 Å². The van der Waals surface area contributed by atoms with Crippen LogP contribution in [0.15, 0.2) is 18.3 Å². The first-order valence-corrected chi connectivity index (χ1v) is 15.9. The van der Waals surface area contributed by atoms with Crippen molar-refractivity contribution in [3.63, 3.8) is 0 Å². The molecule has 1 aromatic carbocycles. The van der Waals surface area contributed by atoms with E-state index in [9.17, 15) is 8.78 Å². The molecule has 15 heteroatoms. The lowest BCUT2D eigenvalue weighted by Crippen LogP contribution is -2.51. The van der Waals surface area contributed by atoms with Crippen LogP contribution in [0.1, 0.15) is 37.7 Å². The number of alkyl halides is 4. The largest absolute Gasteiger partial charge is 0.461 e. The molecule has 4 aromatic rings. The molecule has 7 heterocycles. The first-order chi connectivity index (χ1) is 21.1. The quantitative estimate of drug-likeness (QED) is 0.215. The molecule has 4 atom stereocenters. The minimum absolute atomic E-state index is 0.0859. The Balaban J connectivity index is 1.30. The topological polar surface area (TPSA) is 105 Å². The van der Waals surface area contributed by atoms with Gasteiger partial charge in [-0.25, -0.2) is 13.8 Å². The van der Waals surface area contributed by atoms with E-state index in [1.54, 1.807) is 0 Å². The molecule has 2 bridgehead atoms. The molecule has 0 amide bonds. The van der Waals surface area contributed by atoms with E-state index in [1.807, 2.05) is 0 Å². The van der Waals surface area contributed by atoms with Crippen LogP contribution in [0.2, 0.25) is 0 Å². The van der Waals surface area contributed by atoms with Crippen molar-refractivity contribution in [3.8, 4) is 17.3 Å². The molecule has 4 saturated heterocycles.